The van der Waals surface area contributed by atoms with Crippen molar-refractivity contribution in [3.63, 3.8) is 0 Å². The summed E-state index contributed by atoms with van der Waals surface area (Å²) < 4.78 is 18.3. The van der Waals surface area contributed by atoms with Crippen molar-refractivity contribution < 1.29 is 28.9 Å². The molecule has 3 aromatic rings. The summed E-state index contributed by atoms with van der Waals surface area (Å²) in [6.45, 7) is 3.93. The number of carboxylic acid groups (broad SMARTS) is 1. The summed E-state index contributed by atoms with van der Waals surface area (Å²) in [5.41, 5.74) is 1.36. The molecule has 0 radical (unpaired) electrons. The number of pyridine rings is 2. The van der Waals surface area contributed by atoms with E-state index in [2.05, 4.69) is 0 Å². The van der Waals surface area contributed by atoms with Crippen LogP contribution in [0.15, 0.2) is 41.2 Å². The first kappa shape index (κ1) is 23.2. The maximum absolute atomic E-state index is 13.5. The van der Waals surface area contributed by atoms with Crippen LogP contribution in [-0.4, -0.2) is 39.5 Å². The van der Waals surface area contributed by atoms with Crippen LogP contribution >= 0.6 is 0 Å². The van der Waals surface area contributed by atoms with Crippen LogP contribution in [0.3, 0.4) is 0 Å². The Morgan fingerprint density at radius 2 is 2.06 bits per heavy atom. The number of benzene rings is 1. The van der Waals surface area contributed by atoms with Crippen molar-refractivity contribution in [2.75, 3.05) is 6.61 Å². The molecule has 1 unspecified atom stereocenters. The first-order chi connectivity index (χ1) is 16.9. The molecule has 0 fully saturated rings. The maximum atomic E-state index is 13.5. The van der Waals surface area contributed by atoms with Crippen molar-refractivity contribution in [2.45, 2.75) is 58.2 Å². The van der Waals surface area contributed by atoms with Gasteiger partial charge in [0.15, 0.2) is 5.60 Å². The molecule has 4 heterocycles. The van der Waals surface area contributed by atoms with Crippen molar-refractivity contribution >= 4 is 22.8 Å². The minimum Gasteiger partial charge on any atom is -0.477 e. The molecule has 2 aromatic heterocycles. The minimum absolute atomic E-state index is 0.0562. The van der Waals surface area contributed by atoms with E-state index < -0.39 is 23.8 Å². The standard InChI is InChI=1S/C26H26N2O7/c1-3-5-10-33-24(23(30)31)35-26(4-2)18-12-20-21-16(11-15-8-6-7-9-19(15)27-21)13-28(20)22(29)17(18)14-34-25(26)32/h6-9,11-12,24H,3-5,10,13-14H2,1-2H3,(H,30,31)/t24?,26-/m0/s1. The van der Waals surface area contributed by atoms with Gasteiger partial charge in [-0.25, -0.2) is 14.6 Å². The van der Waals surface area contributed by atoms with E-state index >= 15 is 0 Å². The summed E-state index contributed by atoms with van der Waals surface area (Å²) in [5, 5.41) is 10.7. The lowest BCUT2D eigenvalue weighted by Crippen LogP contribution is -2.50. The lowest BCUT2D eigenvalue weighted by atomic mass is 9.85. The van der Waals surface area contributed by atoms with E-state index in [1.54, 1.807) is 17.6 Å². The van der Waals surface area contributed by atoms with Crippen LogP contribution in [0, 0.1) is 0 Å². The first-order valence-electron chi connectivity index (χ1n) is 11.7. The molecule has 35 heavy (non-hydrogen) atoms. The van der Waals surface area contributed by atoms with Gasteiger partial charge in [-0.2, -0.15) is 0 Å². The molecule has 2 aliphatic heterocycles. The Labute approximate surface area is 201 Å². The second-order valence-corrected chi connectivity index (χ2v) is 8.77. The molecular weight excluding hydrogens is 452 g/mol. The van der Waals surface area contributed by atoms with E-state index in [-0.39, 0.29) is 30.8 Å². The topological polar surface area (TPSA) is 117 Å². The molecule has 9 heteroatoms. The molecule has 0 saturated heterocycles. The van der Waals surface area contributed by atoms with Crippen LogP contribution in [0.4, 0.5) is 0 Å². The summed E-state index contributed by atoms with van der Waals surface area (Å²) in [4.78, 5) is 43.4. The van der Waals surface area contributed by atoms with Gasteiger partial charge in [-0.15, -0.1) is 0 Å². The number of carbonyl (C=O) groups is 2. The summed E-state index contributed by atoms with van der Waals surface area (Å²) >= 11 is 0. The molecule has 182 valence electrons. The third-order valence-electron chi connectivity index (χ3n) is 6.66. The Bertz CT molecular complexity index is 1400. The third-order valence-corrected chi connectivity index (χ3v) is 6.66. The minimum atomic E-state index is -1.79. The van der Waals surface area contributed by atoms with Crippen LogP contribution in [0.25, 0.3) is 22.3 Å². The predicted octanol–water partition coefficient (Wildman–Crippen LogP) is 3.33. The Kier molecular flexibility index (Phi) is 5.90. The Morgan fingerprint density at radius 3 is 2.80 bits per heavy atom. The lowest BCUT2D eigenvalue weighted by molar-refractivity contribution is -0.238. The summed E-state index contributed by atoms with van der Waals surface area (Å²) in [6.07, 6.45) is -0.190. The zero-order chi connectivity index (χ0) is 24.7. The Morgan fingerprint density at radius 1 is 1.26 bits per heavy atom. The van der Waals surface area contributed by atoms with Gasteiger partial charge in [-0.05, 0) is 31.0 Å². The number of carboxylic acids is 1. The average molecular weight is 479 g/mol. The predicted molar refractivity (Wildman–Crippen MR) is 126 cm³/mol. The molecule has 2 aliphatic rings. The fraction of sp³-hybridized carbons (Fsp3) is 0.385. The molecule has 0 saturated carbocycles. The first-order valence-corrected chi connectivity index (χ1v) is 11.7. The van der Waals surface area contributed by atoms with Crippen molar-refractivity contribution in [2.24, 2.45) is 0 Å². The molecule has 5 rings (SSSR count). The molecular formula is C26H26N2O7. The zero-order valence-corrected chi connectivity index (χ0v) is 19.6. The number of unbranched alkanes of at least 4 members (excludes halogenated alkanes) is 1. The van der Waals surface area contributed by atoms with E-state index in [4.69, 9.17) is 19.2 Å². The zero-order valence-electron chi connectivity index (χ0n) is 19.6. The van der Waals surface area contributed by atoms with E-state index in [0.717, 1.165) is 22.9 Å². The Hall–Kier alpha value is -3.56. The number of hydrogen-bond donors (Lipinski definition) is 1. The van der Waals surface area contributed by atoms with E-state index in [0.29, 0.717) is 29.9 Å². The van der Waals surface area contributed by atoms with Gasteiger partial charge >= 0.3 is 11.9 Å². The average Bonchev–Trinajstić information content (AvgIpc) is 3.21. The molecule has 2 atom stereocenters. The highest BCUT2D eigenvalue weighted by atomic mass is 16.7. The van der Waals surface area contributed by atoms with Gasteiger partial charge in [0.05, 0.1) is 35.6 Å². The normalized spacial score (nSPS) is 19.1. The quantitative estimate of drug-likeness (QED) is 0.233. The summed E-state index contributed by atoms with van der Waals surface area (Å²) in [7, 11) is 0. The van der Waals surface area contributed by atoms with Gasteiger partial charge in [0.1, 0.15) is 6.61 Å². The highest BCUT2D eigenvalue weighted by Gasteiger charge is 2.50. The molecule has 1 aromatic carbocycles. The maximum Gasteiger partial charge on any atom is 0.361 e. The number of aromatic nitrogens is 2. The van der Waals surface area contributed by atoms with Gasteiger partial charge in [0, 0.05) is 16.5 Å². The monoisotopic (exact) mass is 478 g/mol. The number of nitrogens with zero attached hydrogens (tertiary/aromatic N) is 2. The fourth-order valence-electron chi connectivity index (χ4n) is 4.78. The third kappa shape index (κ3) is 3.71. The number of hydrogen-bond acceptors (Lipinski definition) is 7. The molecule has 0 bridgehead atoms. The number of ether oxygens (including phenoxy) is 3. The van der Waals surface area contributed by atoms with E-state index in [1.807, 2.05) is 37.3 Å². The molecule has 0 amide bonds. The van der Waals surface area contributed by atoms with Gasteiger partial charge < -0.3 is 23.9 Å². The highest BCUT2D eigenvalue weighted by Crippen LogP contribution is 2.41. The number of esters is 1. The number of cyclic esters (lactones) is 1. The largest absolute Gasteiger partial charge is 0.477 e. The van der Waals surface area contributed by atoms with Crippen molar-refractivity contribution in [3.05, 3.63) is 63.4 Å². The van der Waals surface area contributed by atoms with Crippen molar-refractivity contribution in [1.82, 2.24) is 9.55 Å². The van der Waals surface area contributed by atoms with Crippen LogP contribution < -0.4 is 5.56 Å². The van der Waals surface area contributed by atoms with Crippen LogP contribution in [0.5, 0.6) is 0 Å². The van der Waals surface area contributed by atoms with Crippen LogP contribution in [0.1, 0.15) is 49.8 Å². The van der Waals surface area contributed by atoms with Gasteiger partial charge in [-0.1, -0.05) is 38.5 Å². The van der Waals surface area contributed by atoms with E-state index in [1.165, 1.54) is 0 Å². The summed E-state index contributed by atoms with van der Waals surface area (Å²) in [5.74, 6) is -2.10. The van der Waals surface area contributed by atoms with Crippen molar-refractivity contribution in [3.8, 4) is 11.4 Å². The second-order valence-electron chi connectivity index (χ2n) is 8.77. The number of carbonyl (C=O) groups excluding carboxylic acids is 1. The second kappa shape index (κ2) is 8.90. The summed E-state index contributed by atoms with van der Waals surface area (Å²) in [6, 6.07) is 11.4. The number of para-hydroxylation sites is 1. The van der Waals surface area contributed by atoms with Gasteiger partial charge in [-0.3, -0.25) is 4.79 Å². The van der Waals surface area contributed by atoms with E-state index in [9.17, 15) is 19.5 Å². The molecule has 0 spiro atoms. The molecule has 0 aliphatic carbocycles. The number of rotatable bonds is 8. The van der Waals surface area contributed by atoms with Gasteiger partial charge in [0.25, 0.3) is 11.8 Å². The highest BCUT2D eigenvalue weighted by molar-refractivity contribution is 5.87. The molecule has 1 N–H and O–H groups in total. The van der Waals surface area contributed by atoms with Crippen molar-refractivity contribution in [1.29, 1.82) is 0 Å². The van der Waals surface area contributed by atoms with Gasteiger partial charge in [0.2, 0.25) is 0 Å². The number of aliphatic carboxylic acids is 1. The smallest absolute Gasteiger partial charge is 0.361 e. The SMILES string of the molecule is CCCCOC(O[C@]1(CC)C(=O)OCc2c1cc1n(c2=O)Cc2cc3ccccc3nc2-1)C(=O)O. The lowest BCUT2D eigenvalue weighted by Gasteiger charge is -2.37. The molecule has 9 nitrogen and oxygen atoms in total. The number of fused-ring (bicyclic) bond motifs is 5. The Balaban J connectivity index is 1.65. The van der Waals surface area contributed by atoms with Crippen LogP contribution in [-0.2, 0) is 42.6 Å². The fourth-order valence-corrected chi connectivity index (χ4v) is 4.78. The van der Waals surface area contributed by atoms with Crippen LogP contribution in [0.2, 0.25) is 0 Å².